The maximum atomic E-state index is 13.7. The minimum Gasteiger partial charge on any atom is -0.444 e. The molecule has 0 aliphatic rings. The summed E-state index contributed by atoms with van der Waals surface area (Å²) in [6, 6.07) is 18.3. The predicted molar refractivity (Wildman–Crippen MR) is 137 cm³/mol. The second-order valence-electron chi connectivity index (χ2n) is 9.04. The lowest BCUT2D eigenvalue weighted by atomic mass is 10.1. The van der Waals surface area contributed by atoms with Crippen LogP contribution in [-0.2, 0) is 22.0 Å². The van der Waals surface area contributed by atoms with Crippen LogP contribution in [0.3, 0.4) is 0 Å². The fraction of sp³-hybridized carbons (Fsp3) is 0.231. The monoisotopic (exact) mass is 490 g/mol. The van der Waals surface area contributed by atoms with Crippen molar-refractivity contribution in [2.75, 3.05) is 11.6 Å². The molecule has 8 nitrogen and oxygen atoms in total. The zero-order valence-electron chi connectivity index (χ0n) is 19.9. The third-order valence-electron chi connectivity index (χ3n) is 5.04. The molecule has 35 heavy (non-hydrogen) atoms. The summed E-state index contributed by atoms with van der Waals surface area (Å²) >= 11 is 0. The number of hydrogen-bond acceptors (Lipinski definition) is 6. The lowest BCUT2D eigenvalue weighted by molar-refractivity contribution is 0.0636. The van der Waals surface area contributed by atoms with Crippen LogP contribution >= 0.6 is 0 Å². The molecule has 4 rings (SSSR count). The molecule has 1 amide bonds. The van der Waals surface area contributed by atoms with Crippen LogP contribution in [0.4, 0.5) is 10.5 Å². The van der Waals surface area contributed by atoms with E-state index in [2.05, 4.69) is 15.3 Å². The number of nitrogens with zero attached hydrogens (tertiary/aromatic N) is 3. The molecule has 4 aromatic rings. The van der Waals surface area contributed by atoms with Crippen LogP contribution in [0.15, 0.2) is 76.8 Å². The van der Waals surface area contributed by atoms with E-state index >= 15 is 0 Å². The Labute approximate surface area is 205 Å². The molecule has 180 valence electrons. The Morgan fingerprint density at radius 2 is 1.83 bits per heavy atom. The van der Waals surface area contributed by atoms with Gasteiger partial charge in [-0.1, -0.05) is 36.4 Å². The van der Waals surface area contributed by atoms with Crippen LogP contribution in [0.2, 0.25) is 0 Å². The van der Waals surface area contributed by atoms with Crippen LogP contribution < -0.4 is 10.9 Å². The molecule has 1 N–H and O–H groups in total. The highest BCUT2D eigenvalue weighted by Crippen LogP contribution is 2.21. The number of ether oxygens (including phenoxy) is 1. The topological polar surface area (TPSA) is 103 Å². The largest absolute Gasteiger partial charge is 0.444 e. The fourth-order valence-corrected chi connectivity index (χ4v) is 4.02. The van der Waals surface area contributed by atoms with E-state index in [1.165, 1.54) is 10.8 Å². The normalized spacial score (nSPS) is 12.3. The predicted octanol–water partition coefficient (Wildman–Crippen LogP) is 4.46. The number of carbonyl (C=O) groups is 1. The lowest BCUT2D eigenvalue weighted by Gasteiger charge is -2.20. The van der Waals surface area contributed by atoms with Crippen molar-refractivity contribution in [2.24, 2.45) is 0 Å². The molecule has 0 bridgehead atoms. The third-order valence-corrected chi connectivity index (χ3v) is 5.75. The van der Waals surface area contributed by atoms with Gasteiger partial charge >= 0.3 is 6.09 Å². The van der Waals surface area contributed by atoms with E-state index in [-0.39, 0.29) is 10.7 Å². The molecular weight excluding hydrogens is 464 g/mol. The second-order valence-corrected chi connectivity index (χ2v) is 10.3. The van der Waals surface area contributed by atoms with Gasteiger partial charge in [0, 0.05) is 35.5 Å². The smallest absolute Gasteiger partial charge is 0.412 e. The van der Waals surface area contributed by atoms with E-state index in [0.29, 0.717) is 34.4 Å². The zero-order valence-corrected chi connectivity index (χ0v) is 20.8. The van der Waals surface area contributed by atoms with Gasteiger partial charge in [0.05, 0.1) is 16.5 Å². The SMILES string of the molecule is CS(=O)c1ncc2cc(Cc3ccccc3)c(=O)n(-c3cccc(NC(=O)OC(C)(C)C)c3)c2n1. The Hall–Kier alpha value is -3.85. The molecule has 0 fully saturated rings. The van der Waals surface area contributed by atoms with Crippen LogP contribution in [0, 0.1) is 0 Å². The van der Waals surface area contributed by atoms with Crippen LogP contribution in [0.1, 0.15) is 31.9 Å². The number of fused-ring (bicyclic) bond motifs is 1. The Bertz CT molecular complexity index is 1480. The van der Waals surface area contributed by atoms with Crippen molar-refractivity contribution in [1.29, 1.82) is 0 Å². The van der Waals surface area contributed by atoms with Crippen molar-refractivity contribution in [3.63, 3.8) is 0 Å². The summed E-state index contributed by atoms with van der Waals surface area (Å²) in [4.78, 5) is 34.6. The second kappa shape index (κ2) is 9.79. The highest BCUT2D eigenvalue weighted by molar-refractivity contribution is 7.84. The minimum atomic E-state index is -1.43. The van der Waals surface area contributed by atoms with Crippen molar-refractivity contribution >= 4 is 33.6 Å². The first-order chi connectivity index (χ1) is 16.6. The van der Waals surface area contributed by atoms with E-state index < -0.39 is 22.5 Å². The summed E-state index contributed by atoms with van der Waals surface area (Å²) in [6.07, 6.45) is 2.88. The van der Waals surface area contributed by atoms with Crippen LogP contribution in [0.25, 0.3) is 16.7 Å². The summed E-state index contributed by atoms with van der Waals surface area (Å²) in [5.74, 6) is 0. The molecule has 0 radical (unpaired) electrons. The summed E-state index contributed by atoms with van der Waals surface area (Å²) in [5.41, 5.74) is 1.92. The van der Waals surface area contributed by atoms with Crippen molar-refractivity contribution in [3.8, 4) is 5.69 Å². The van der Waals surface area contributed by atoms with E-state index in [1.54, 1.807) is 57.3 Å². The Balaban J connectivity index is 1.85. The van der Waals surface area contributed by atoms with Gasteiger partial charge in [0.1, 0.15) is 5.60 Å². The molecular formula is C26H26N4O4S. The highest BCUT2D eigenvalue weighted by Gasteiger charge is 2.18. The first kappa shape index (κ1) is 24.3. The third kappa shape index (κ3) is 5.81. The standard InChI is InChI=1S/C26H26N4O4S/c1-26(2,3)34-25(32)28-20-11-8-12-21(15-20)30-22-19(16-27-24(29-22)35(4)33)14-18(23(30)31)13-17-9-6-5-7-10-17/h5-12,14-16H,13H2,1-4H3,(H,28,32). The van der Waals surface area contributed by atoms with E-state index in [1.807, 2.05) is 30.3 Å². The summed E-state index contributed by atoms with van der Waals surface area (Å²) < 4.78 is 18.9. The lowest BCUT2D eigenvalue weighted by Crippen LogP contribution is -2.27. The number of benzene rings is 2. The number of aromatic nitrogens is 3. The Kier molecular flexibility index (Phi) is 6.79. The van der Waals surface area contributed by atoms with E-state index in [9.17, 15) is 13.8 Å². The van der Waals surface area contributed by atoms with Crippen molar-refractivity contribution in [2.45, 2.75) is 37.9 Å². The quantitative estimate of drug-likeness (QED) is 0.415. The van der Waals surface area contributed by atoms with E-state index in [4.69, 9.17) is 4.74 Å². The maximum Gasteiger partial charge on any atom is 0.412 e. The maximum absolute atomic E-state index is 13.7. The molecule has 2 aromatic heterocycles. The van der Waals surface area contributed by atoms with Gasteiger partial charge in [-0.25, -0.2) is 14.8 Å². The summed E-state index contributed by atoms with van der Waals surface area (Å²) in [5, 5.41) is 3.47. The van der Waals surface area contributed by atoms with Gasteiger partial charge < -0.3 is 4.74 Å². The van der Waals surface area contributed by atoms with Gasteiger partial charge in [-0.3, -0.25) is 18.9 Å². The van der Waals surface area contributed by atoms with Gasteiger partial charge in [0.15, 0.2) is 5.65 Å². The Morgan fingerprint density at radius 3 is 2.51 bits per heavy atom. The van der Waals surface area contributed by atoms with Crippen LogP contribution in [0.5, 0.6) is 0 Å². The average Bonchev–Trinajstić information content (AvgIpc) is 2.79. The first-order valence-electron chi connectivity index (χ1n) is 11.0. The molecule has 1 atom stereocenters. The number of hydrogen-bond donors (Lipinski definition) is 1. The summed E-state index contributed by atoms with van der Waals surface area (Å²) in [6.45, 7) is 5.34. The van der Waals surface area contributed by atoms with Crippen LogP contribution in [-0.4, -0.2) is 36.7 Å². The average molecular weight is 491 g/mol. The molecule has 0 saturated carbocycles. The fourth-order valence-electron chi connectivity index (χ4n) is 3.60. The molecule has 0 spiro atoms. The molecule has 0 aliphatic carbocycles. The summed E-state index contributed by atoms with van der Waals surface area (Å²) in [7, 11) is -1.43. The van der Waals surface area contributed by atoms with Crippen molar-refractivity contribution in [3.05, 3.63) is 88.3 Å². The molecule has 2 aromatic carbocycles. The van der Waals surface area contributed by atoms with Gasteiger partial charge in [-0.2, -0.15) is 0 Å². The number of pyridine rings is 1. The molecule has 0 aliphatic heterocycles. The molecule has 0 saturated heterocycles. The number of anilines is 1. The zero-order chi connectivity index (χ0) is 25.2. The Morgan fingerprint density at radius 1 is 1.09 bits per heavy atom. The minimum absolute atomic E-state index is 0.129. The molecule has 9 heteroatoms. The van der Waals surface area contributed by atoms with Crippen molar-refractivity contribution < 1.29 is 13.7 Å². The van der Waals surface area contributed by atoms with Gasteiger partial charge in [-0.15, -0.1) is 0 Å². The molecule has 2 heterocycles. The van der Waals surface area contributed by atoms with Gasteiger partial charge in [0.25, 0.3) is 5.56 Å². The van der Waals surface area contributed by atoms with Crippen molar-refractivity contribution in [1.82, 2.24) is 14.5 Å². The number of carbonyl (C=O) groups excluding carboxylic acids is 1. The molecule has 1 unspecified atom stereocenters. The van der Waals surface area contributed by atoms with Gasteiger partial charge in [0.2, 0.25) is 5.16 Å². The van der Waals surface area contributed by atoms with E-state index in [0.717, 1.165) is 5.56 Å². The number of nitrogens with one attached hydrogen (secondary N) is 1. The number of amides is 1. The number of rotatable bonds is 5. The first-order valence-corrected chi connectivity index (χ1v) is 12.6. The van der Waals surface area contributed by atoms with Gasteiger partial charge in [-0.05, 0) is 50.6 Å². The highest BCUT2D eigenvalue weighted by atomic mass is 32.2.